The van der Waals surface area contributed by atoms with Gasteiger partial charge < -0.3 is 9.47 Å². The second-order valence-electron chi connectivity index (χ2n) is 7.00. The molecule has 0 bridgehead atoms. The number of para-hydroxylation sites is 1. The minimum absolute atomic E-state index is 0.0293. The number of amides is 1. The van der Waals surface area contributed by atoms with Crippen molar-refractivity contribution in [2.45, 2.75) is 24.7 Å². The van der Waals surface area contributed by atoms with Gasteiger partial charge in [0.15, 0.2) is 0 Å². The molecule has 7 nitrogen and oxygen atoms in total. The van der Waals surface area contributed by atoms with Crippen LogP contribution >= 0.6 is 0 Å². The first-order valence-corrected chi connectivity index (χ1v) is 10.9. The van der Waals surface area contributed by atoms with Crippen LogP contribution in [0.3, 0.4) is 0 Å². The van der Waals surface area contributed by atoms with E-state index in [1.165, 1.54) is 18.4 Å². The zero-order valence-electron chi connectivity index (χ0n) is 17.2. The SMILES string of the molecule is CCN(C(=O)CCc1nc2cc(S(=O)(=O)N(C)C)ccc2n1C)c1ccccc1. The highest BCUT2D eigenvalue weighted by atomic mass is 32.2. The number of aromatic nitrogens is 2. The lowest BCUT2D eigenvalue weighted by Gasteiger charge is -2.20. The highest BCUT2D eigenvalue weighted by Gasteiger charge is 2.20. The first kappa shape index (κ1) is 21.0. The number of fused-ring (bicyclic) bond motifs is 1. The van der Waals surface area contributed by atoms with Crippen molar-refractivity contribution in [3.8, 4) is 0 Å². The summed E-state index contributed by atoms with van der Waals surface area (Å²) >= 11 is 0. The first-order valence-electron chi connectivity index (χ1n) is 9.49. The van der Waals surface area contributed by atoms with Crippen LogP contribution in [0.1, 0.15) is 19.2 Å². The molecule has 1 aromatic heterocycles. The van der Waals surface area contributed by atoms with Crippen LogP contribution < -0.4 is 4.90 Å². The second kappa shape index (κ2) is 8.34. The monoisotopic (exact) mass is 414 g/mol. The highest BCUT2D eigenvalue weighted by Crippen LogP contribution is 2.22. The van der Waals surface area contributed by atoms with Crippen LogP contribution in [-0.4, -0.2) is 48.8 Å². The Morgan fingerprint density at radius 2 is 1.79 bits per heavy atom. The molecule has 0 fully saturated rings. The molecule has 1 heterocycles. The van der Waals surface area contributed by atoms with Gasteiger partial charge in [-0.2, -0.15) is 0 Å². The molecule has 0 radical (unpaired) electrons. The summed E-state index contributed by atoms with van der Waals surface area (Å²) in [5.74, 6) is 0.776. The Labute approximate surface area is 171 Å². The predicted octanol–water partition coefficient (Wildman–Crippen LogP) is 2.81. The summed E-state index contributed by atoms with van der Waals surface area (Å²) < 4.78 is 27.8. The Bertz CT molecular complexity index is 1120. The van der Waals surface area contributed by atoms with Gasteiger partial charge in [0, 0.05) is 46.2 Å². The van der Waals surface area contributed by atoms with E-state index >= 15 is 0 Å². The summed E-state index contributed by atoms with van der Waals surface area (Å²) in [4.78, 5) is 19.3. The van der Waals surface area contributed by atoms with Crippen molar-refractivity contribution >= 4 is 32.7 Å². The van der Waals surface area contributed by atoms with Gasteiger partial charge in [0.05, 0.1) is 15.9 Å². The van der Waals surface area contributed by atoms with Gasteiger partial charge in [0.25, 0.3) is 0 Å². The van der Waals surface area contributed by atoms with Crippen molar-refractivity contribution in [2.75, 3.05) is 25.5 Å². The van der Waals surface area contributed by atoms with Crippen LogP contribution in [0, 0.1) is 0 Å². The van der Waals surface area contributed by atoms with E-state index in [9.17, 15) is 13.2 Å². The zero-order chi connectivity index (χ0) is 21.2. The molecule has 2 aromatic carbocycles. The summed E-state index contributed by atoms with van der Waals surface area (Å²) in [5, 5.41) is 0. The molecule has 29 heavy (non-hydrogen) atoms. The number of nitrogens with zero attached hydrogens (tertiary/aromatic N) is 4. The summed E-state index contributed by atoms with van der Waals surface area (Å²) in [6, 6.07) is 14.5. The van der Waals surface area contributed by atoms with Crippen molar-refractivity contribution in [3.05, 3.63) is 54.4 Å². The number of carbonyl (C=O) groups is 1. The minimum atomic E-state index is -3.52. The number of anilines is 1. The van der Waals surface area contributed by atoms with E-state index in [4.69, 9.17) is 0 Å². The lowest BCUT2D eigenvalue weighted by atomic mass is 10.2. The molecule has 0 unspecified atom stereocenters. The highest BCUT2D eigenvalue weighted by molar-refractivity contribution is 7.89. The molecular formula is C21H26N4O3S. The molecule has 0 atom stereocenters. The molecule has 0 saturated heterocycles. The number of sulfonamides is 1. The smallest absolute Gasteiger partial charge is 0.242 e. The first-order chi connectivity index (χ1) is 13.8. The molecule has 0 aliphatic rings. The fourth-order valence-electron chi connectivity index (χ4n) is 3.29. The number of rotatable bonds is 7. The summed E-state index contributed by atoms with van der Waals surface area (Å²) in [7, 11) is 1.36. The van der Waals surface area contributed by atoms with Crippen molar-refractivity contribution < 1.29 is 13.2 Å². The van der Waals surface area contributed by atoms with E-state index in [1.807, 2.05) is 48.9 Å². The fourth-order valence-corrected chi connectivity index (χ4v) is 4.21. The molecule has 8 heteroatoms. The van der Waals surface area contributed by atoms with E-state index in [0.29, 0.717) is 24.9 Å². The largest absolute Gasteiger partial charge is 0.331 e. The predicted molar refractivity (Wildman–Crippen MR) is 114 cm³/mol. The Morgan fingerprint density at radius 3 is 2.41 bits per heavy atom. The van der Waals surface area contributed by atoms with Crippen LogP contribution in [0.5, 0.6) is 0 Å². The third kappa shape index (κ3) is 4.18. The molecule has 0 spiro atoms. The average molecular weight is 415 g/mol. The van der Waals surface area contributed by atoms with E-state index < -0.39 is 10.0 Å². The molecule has 1 amide bonds. The van der Waals surface area contributed by atoms with Gasteiger partial charge in [-0.15, -0.1) is 0 Å². The van der Waals surface area contributed by atoms with Crippen molar-refractivity contribution in [2.24, 2.45) is 7.05 Å². The summed E-state index contributed by atoms with van der Waals surface area (Å²) in [6.07, 6.45) is 0.797. The molecule has 0 N–H and O–H groups in total. The molecule has 3 aromatic rings. The van der Waals surface area contributed by atoms with Gasteiger partial charge in [-0.05, 0) is 37.3 Å². The molecule has 3 rings (SSSR count). The summed E-state index contributed by atoms with van der Waals surface area (Å²) in [5.41, 5.74) is 2.32. The van der Waals surface area contributed by atoms with Gasteiger partial charge in [0.2, 0.25) is 15.9 Å². The number of benzene rings is 2. The number of aryl methyl sites for hydroxylation is 2. The van der Waals surface area contributed by atoms with Crippen LogP contribution in [-0.2, 0) is 28.3 Å². The van der Waals surface area contributed by atoms with Crippen LogP contribution in [0.4, 0.5) is 5.69 Å². The third-order valence-electron chi connectivity index (χ3n) is 4.97. The molecule has 0 aliphatic carbocycles. The fraction of sp³-hybridized carbons (Fsp3) is 0.333. The van der Waals surface area contributed by atoms with E-state index in [2.05, 4.69) is 4.98 Å². The maximum Gasteiger partial charge on any atom is 0.242 e. The van der Waals surface area contributed by atoms with Gasteiger partial charge in [0.1, 0.15) is 5.82 Å². The number of imidazole rings is 1. The Kier molecular flexibility index (Phi) is 6.04. The van der Waals surface area contributed by atoms with E-state index in [0.717, 1.165) is 17.0 Å². The van der Waals surface area contributed by atoms with E-state index in [-0.39, 0.29) is 10.8 Å². The van der Waals surface area contributed by atoms with Crippen molar-refractivity contribution in [1.29, 1.82) is 0 Å². The van der Waals surface area contributed by atoms with E-state index in [1.54, 1.807) is 23.1 Å². The lowest BCUT2D eigenvalue weighted by Crippen LogP contribution is -2.30. The van der Waals surface area contributed by atoms with Crippen molar-refractivity contribution in [1.82, 2.24) is 13.9 Å². The Balaban J connectivity index is 1.82. The third-order valence-corrected chi connectivity index (χ3v) is 6.78. The number of carbonyl (C=O) groups excluding carboxylic acids is 1. The maximum absolute atomic E-state index is 12.7. The molecular weight excluding hydrogens is 388 g/mol. The topological polar surface area (TPSA) is 75.5 Å². The van der Waals surface area contributed by atoms with Gasteiger partial charge in [-0.3, -0.25) is 4.79 Å². The minimum Gasteiger partial charge on any atom is -0.331 e. The van der Waals surface area contributed by atoms with Crippen LogP contribution in [0.25, 0.3) is 11.0 Å². The van der Waals surface area contributed by atoms with Gasteiger partial charge >= 0.3 is 0 Å². The lowest BCUT2D eigenvalue weighted by molar-refractivity contribution is -0.118. The van der Waals surface area contributed by atoms with Crippen LogP contribution in [0.2, 0.25) is 0 Å². The van der Waals surface area contributed by atoms with Gasteiger partial charge in [-0.1, -0.05) is 18.2 Å². The average Bonchev–Trinajstić information content (AvgIpc) is 3.02. The Morgan fingerprint density at radius 1 is 1.10 bits per heavy atom. The Hall–Kier alpha value is -2.71. The number of hydrogen-bond donors (Lipinski definition) is 0. The summed E-state index contributed by atoms with van der Waals surface area (Å²) in [6.45, 7) is 2.55. The second-order valence-corrected chi connectivity index (χ2v) is 9.15. The van der Waals surface area contributed by atoms with Crippen molar-refractivity contribution in [3.63, 3.8) is 0 Å². The molecule has 154 valence electrons. The molecule has 0 saturated carbocycles. The van der Waals surface area contributed by atoms with Crippen LogP contribution in [0.15, 0.2) is 53.4 Å². The zero-order valence-corrected chi connectivity index (χ0v) is 18.0. The molecule has 0 aliphatic heterocycles. The normalized spacial score (nSPS) is 11.9. The van der Waals surface area contributed by atoms with Gasteiger partial charge in [-0.25, -0.2) is 17.7 Å². The maximum atomic E-state index is 12.7. The quantitative estimate of drug-likeness (QED) is 0.596. The standard InChI is InChI=1S/C21H26N4O3S/c1-5-25(16-9-7-6-8-10-16)21(26)14-13-20-22-18-15-17(29(27,28)23(2)3)11-12-19(18)24(20)4/h6-12,15H,5,13-14H2,1-4H3. The number of hydrogen-bond acceptors (Lipinski definition) is 4.